The number of benzene rings is 1. The zero-order valence-electron chi connectivity index (χ0n) is 14.0. The molecule has 1 N–H and O–H groups in total. The van der Waals surface area contributed by atoms with E-state index in [4.69, 9.17) is 0 Å². The van der Waals surface area contributed by atoms with E-state index in [0.29, 0.717) is 0 Å². The zero-order valence-corrected chi connectivity index (χ0v) is 14.0. The summed E-state index contributed by atoms with van der Waals surface area (Å²) in [5, 5.41) is 14.3. The summed E-state index contributed by atoms with van der Waals surface area (Å²) >= 11 is 0. The summed E-state index contributed by atoms with van der Waals surface area (Å²) in [7, 11) is 0. The number of aliphatic hydroxyl groups is 1. The van der Waals surface area contributed by atoms with Crippen LogP contribution in [0, 0.1) is 11.6 Å². The predicted octanol–water partition coefficient (Wildman–Crippen LogP) is 4.03. The van der Waals surface area contributed by atoms with E-state index < -0.39 is 17.2 Å². The predicted molar refractivity (Wildman–Crippen MR) is 87.7 cm³/mol. The van der Waals surface area contributed by atoms with Crippen LogP contribution < -0.4 is 0 Å². The molecule has 0 radical (unpaired) electrons. The molecule has 0 aliphatic carbocycles. The molecule has 0 spiro atoms. The Labute approximate surface area is 138 Å². The Morgan fingerprint density at radius 1 is 1.12 bits per heavy atom. The van der Waals surface area contributed by atoms with Crippen LogP contribution in [0.5, 0.6) is 0 Å². The van der Waals surface area contributed by atoms with Crippen molar-refractivity contribution in [3.63, 3.8) is 0 Å². The zero-order chi connectivity index (χ0) is 17.6. The third-order valence-electron chi connectivity index (χ3n) is 3.93. The standard InChI is InChI=1S/C18H19F2N3O/c1-10(2)17-21-9-12-5-6-15(22-23(12)17)16-13(19)7-11(8-14(16)20)18(3,4)24/h5-10,24H,1-4H3. The lowest BCUT2D eigenvalue weighted by Crippen LogP contribution is -2.16. The SMILES string of the molecule is CC(C)c1ncc2ccc(-c3c(F)cc(C(C)(C)O)cc3F)nn12. The van der Waals surface area contributed by atoms with Crippen molar-refractivity contribution >= 4 is 5.52 Å². The average molecular weight is 331 g/mol. The Bertz CT molecular complexity index is 887. The van der Waals surface area contributed by atoms with E-state index in [9.17, 15) is 13.9 Å². The molecule has 3 aromatic rings. The number of aromatic nitrogens is 3. The normalized spacial score (nSPS) is 12.3. The van der Waals surface area contributed by atoms with E-state index in [2.05, 4.69) is 10.1 Å². The molecular formula is C18H19F2N3O. The molecule has 0 saturated carbocycles. The van der Waals surface area contributed by atoms with Crippen LogP contribution in [0.15, 0.2) is 30.5 Å². The van der Waals surface area contributed by atoms with Crippen molar-refractivity contribution in [1.29, 1.82) is 0 Å². The van der Waals surface area contributed by atoms with Gasteiger partial charge in [0.05, 0.1) is 28.6 Å². The van der Waals surface area contributed by atoms with Gasteiger partial charge < -0.3 is 5.11 Å². The summed E-state index contributed by atoms with van der Waals surface area (Å²) in [5.74, 6) is -0.668. The highest BCUT2D eigenvalue weighted by atomic mass is 19.1. The molecule has 0 bridgehead atoms. The molecule has 3 rings (SSSR count). The summed E-state index contributed by atoms with van der Waals surface area (Å²) in [5.41, 5.74) is -0.426. The van der Waals surface area contributed by atoms with Gasteiger partial charge in [-0.05, 0) is 43.7 Å². The minimum Gasteiger partial charge on any atom is -0.386 e. The Kier molecular flexibility index (Phi) is 3.87. The molecule has 0 saturated heterocycles. The highest BCUT2D eigenvalue weighted by Crippen LogP contribution is 2.30. The Hall–Kier alpha value is -2.34. The third-order valence-corrected chi connectivity index (χ3v) is 3.93. The first-order valence-corrected chi connectivity index (χ1v) is 7.75. The molecule has 0 amide bonds. The molecule has 0 fully saturated rings. The van der Waals surface area contributed by atoms with Crippen molar-refractivity contribution in [2.45, 2.75) is 39.2 Å². The van der Waals surface area contributed by atoms with Crippen molar-refractivity contribution in [1.82, 2.24) is 14.6 Å². The maximum atomic E-state index is 14.5. The lowest BCUT2D eigenvalue weighted by Gasteiger charge is -2.19. The molecule has 2 heterocycles. The van der Waals surface area contributed by atoms with Gasteiger partial charge in [0.1, 0.15) is 17.5 Å². The number of hydrogen-bond donors (Lipinski definition) is 1. The highest BCUT2D eigenvalue weighted by molar-refractivity contribution is 5.63. The Balaban J connectivity index is 2.19. The fourth-order valence-electron chi connectivity index (χ4n) is 2.60. The minimum atomic E-state index is -1.33. The first-order valence-electron chi connectivity index (χ1n) is 7.75. The van der Waals surface area contributed by atoms with Crippen LogP contribution in [-0.4, -0.2) is 19.7 Å². The topological polar surface area (TPSA) is 50.4 Å². The van der Waals surface area contributed by atoms with Gasteiger partial charge in [-0.2, -0.15) is 5.10 Å². The first kappa shape index (κ1) is 16.5. The number of halogens is 2. The van der Waals surface area contributed by atoms with Crippen LogP contribution in [0.3, 0.4) is 0 Å². The van der Waals surface area contributed by atoms with Crippen LogP contribution in [0.4, 0.5) is 8.78 Å². The maximum absolute atomic E-state index is 14.5. The van der Waals surface area contributed by atoms with E-state index in [-0.39, 0.29) is 22.7 Å². The fraction of sp³-hybridized carbons (Fsp3) is 0.333. The van der Waals surface area contributed by atoms with E-state index in [1.54, 1.807) is 22.8 Å². The lowest BCUT2D eigenvalue weighted by atomic mass is 9.96. The van der Waals surface area contributed by atoms with Gasteiger partial charge in [-0.15, -0.1) is 0 Å². The molecule has 126 valence electrons. The number of nitrogens with zero attached hydrogens (tertiary/aromatic N) is 3. The van der Waals surface area contributed by atoms with Crippen molar-refractivity contribution in [3.05, 3.63) is 53.5 Å². The molecule has 0 aliphatic rings. The van der Waals surface area contributed by atoms with Crippen molar-refractivity contribution in [2.75, 3.05) is 0 Å². The largest absolute Gasteiger partial charge is 0.386 e. The molecule has 6 heteroatoms. The van der Waals surface area contributed by atoms with Crippen LogP contribution in [-0.2, 0) is 5.60 Å². The molecule has 0 unspecified atom stereocenters. The fourth-order valence-corrected chi connectivity index (χ4v) is 2.60. The quantitative estimate of drug-likeness (QED) is 0.788. The molecule has 1 aromatic carbocycles. The van der Waals surface area contributed by atoms with Gasteiger partial charge >= 0.3 is 0 Å². The van der Waals surface area contributed by atoms with Gasteiger partial charge in [0.25, 0.3) is 0 Å². The van der Waals surface area contributed by atoms with Gasteiger partial charge in [-0.1, -0.05) is 13.8 Å². The molecule has 2 aromatic heterocycles. The van der Waals surface area contributed by atoms with E-state index in [0.717, 1.165) is 23.5 Å². The summed E-state index contributed by atoms with van der Waals surface area (Å²) < 4.78 is 30.6. The second-order valence-corrected chi connectivity index (χ2v) is 6.70. The third kappa shape index (κ3) is 2.78. The second kappa shape index (κ2) is 5.63. The first-order chi connectivity index (χ1) is 11.2. The summed E-state index contributed by atoms with van der Waals surface area (Å²) in [6.07, 6.45) is 1.68. The second-order valence-electron chi connectivity index (χ2n) is 6.70. The minimum absolute atomic E-state index is 0.127. The van der Waals surface area contributed by atoms with Gasteiger partial charge in [0.15, 0.2) is 0 Å². The van der Waals surface area contributed by atoms with E-state index >= 15 is 0 Å². The molecule has 24 heavy (non-hydrogen) atoms. The number of rotatable bonds is 3. The summed E-state index contributed by atoms with van der Waals surface area (Å²) in [6.45, 7) is 6.90. The molecule has 0 atom stereocenters. The lowest BCUT2D eigenvalue weighted by molar-refractivity contribution is 0.0779. The van der Waals surface area contributed by atoms with Gasteiger partial charge in [0, 0.05) is 5.92 Å². The van der Waals surface area contributed by atoms with E-state index in [1.807, 2.05) is 13.8 Å². The highest BCUT2D eigenvalue weighted by Gasteiger charge is 2.22. The molecule has 0 aliphatic heterocycles. The van der Waals surface area contributed by atoms with Crippen LogP contribution >= 0.6 is 0 Å². The number of hydrogen-bond acceptors (Lipinski definition) is 3. The van der Waals surface area contributed by atoms with Crippen molar-refractivity contribution < 1.29 is 13.9 Å². The van der Waals surface area contributed by atoms with E-state index in [1.165, 1.54) is 13.8 Å². The van der Waals surface area contributed by atoms with Gasteiger partial charge in [-0.3, -0.25) is 0 Å². The van der Waals surface area contributed by atoms with Crippen LogP contribution in [0.1, 0.15) is 45.0 Å². The van der Waals surface area contributed by atoms with Crippen LogP contribution in [0.2, 0.25) is 0 Å². The number of imidazole rings is 1. The van der Waals surface area contributed by atoms with Crippen molar-refractivity contribution in [2.24, 2.45) is 0 Å². The van der Waals surface area contributed by atoms with Gasteiger partial charge in [-0.25, -0.2) is 18.3 Å². The Morgan fingerprint density at radius 2 is 1.75 bits per heavy atom. The number of fused-ring (bicyclic) bond motifs is 1. The van der Waals surface area contributed by atoms with Crippen molar-refractivity contribution in [3.8, 4) is 11.3 Å². The Morgan fingerprint density at radius 3 is 2.29 bits per heavy atom. The monoisotopic (exact) mass is 331 g/mol. The maximum Gasteiger partial charge on any atom is 0.136 e. The average Bonchev–Trinajstić information content (AvgIpc) is 2.88. The smallest absolute Gasteiger partial charge is 0.136 e. The van der Waals surface area contributed by atoms with Crippen LogP contribution in [0.25, 0.3) is 16.8 Å². The molecular weight excluding hydrogens is 312 g/mol. The summed E-state index contributed by atoms with van der Waals surface area (Å²) in [6, 6.07) is 5.57. The summed E-state index contributed by atoms with van der Waals surface area (Å²) in [4.78, 5) is 4.30. The van der Waals surface area contributed by atoms with Gasteiger partial charge in [0.2, 0.25) is 0 Å². The molecule has 4 nitrogen and oxygen atoms in total.